The average molecular weight is 226 g/mol. The summed E-state index contributed by atoms with van der Waals surface area (Å²) in [6.45, 7) is 10.2. The molecule has 1 rings (SSSR count). The molecule has 0 saturated carbocycles. The predicted molar refractivity (Wildman–Crippen MR) is 64.7 cm³/mol. The fraction of sp³-hybridized carbons (Fsp3) is 0.769. The quantitative estimate of drug-likeness (QED) is 0.418. The van der Waals surface area contributed by atoms with Crippen LogP contribution in [0.3, 0.4) is 0 Å². The molecule has 1 saturated heterocycles. The average Bonchev–Trinajstić information content (AvgIpc) is 2.27. The van der Waals surface area contributed by atoms with E-state index in [9.17, 15) is 4.79 Å². The molecule has 0 amide bonds. The highest BCUT2D eigenvalue weighted by Gasteiger charge is 2.30. The van der Waals surface area contributed by atoms with Crippen LogP contribution in [0, 0.1) is 5.92 Å². The summed E-state index contributed by atoms with van der Waals surface area (Å²) in [6, 6.07) is 0. The summed E-state index contributed by atoms with van der Waals surface area (Å²) in [4.78, 5) is 11.3. The molecular formula is C13H24NO2+. The number of quaternary nitrogens is 1. The lowest BCUT2D eigenvalue weighted by Crippen LogP contribution is -2.51. The van der Waals surface area contributed by atoms with Crippen LogP contribution < -0.4 is 0 Å². The van der Waals surface area contributed by atoms with E-state index in [1.54, 1.807) is 6.92 Å². The van der Waals surface area contributed by atoms with Gasteiger partial charge < -0.3 is 4.74 Å². The van der Waals surface area contributed by atoms with Crippen LogP contribution in [-0.2, 0) is 9.53 Å². The van der Waals surface area contributed by atoms with Crippen molar-refractivity contribution in [1.82, 2.24) is 0 Å². The first kappa shape index (κ1) is 13.2. The largest absolute Gasteiger partial charge is 0.412 e. The highest BCUT2D eigenvalue weighted by atomic mass is 16.5. The molecule has 1 heterocycles. The fourth-order valence-corrected chi connectivity index (χ4v) is 2.12. The van der Waals surface area contributed by atoms with Crippen LogP contribution in [0.2, 0.25) is 0 Å². The highest BCUT2D eigenvalue weighted by molar-refractivity contribution is 5.86. The number of nitrogens with zero attached hydrogens (tertiary/aromatic N) is 1. The number of esters is 1. The molecule has 0 radical (unpaired) electrons. The van der Waals surface area contributed by atoms with Gasteiger partial charge in [-0.3, -0.25) is 4.48 Å². The number of hydrogen-bond acceptors (Lipinski definition) is 2. The van der Waals surface area contributed by atoms with Crippen LogP contribution in [0.4, 0.5) is 0 Å². The summed E-state index contributed by atoms with van der Waals surface area (Å²) in [6.07, 6.45) is 3.76. The van der Waals surface area contributed by atoms with E-state index in [1.807, 2.05) is 0 Å². The van der Waals surface area contributed by atoms with E-state index >= 15 is 0 Å². The zero-order valence-corrected chi connectivity index (χ0v) is 10.8. The van der Waals surface area contributed by atoms with Crippen LogP contribution in [0.25, 0.3) is 0 Å². The third-order valence-corrected chi connectivity index (χ3v) is 3.59. The molecule has 0 N–H and O–H groups in total. The number of carbonyl (C=O) groups is 1. The second-order valence-electron chi connectivity index (χ2n) is 5.26. The summed E-state index contributed by atoms with van der Waals surface area (Å²) in [7, 11) is 2.16. The van der Waals surface area contributed by atoms with Gasteiger partial charge in [-0.05, 0) is 25.7 Å². The number of ether oxygens (including phenoxy) is 1. The van der Waals surface area contributed by atoms with Crippen molar-refractivity contribution in [3.8, 4) is 0 Å². The number of carbonyl (C=O) groups excluding carboxylic acids is 1. The van der Waals surface area contributed by atoms with Crippen molar-refractivity contribution in [1.29, 1.82) is 0 Å². The molecule has 0 aliphatic carbocycles. The summed E-state index contributed by atoms with van der Waals surface area (Å²) < 4.78 is 6.11. The lowest BCUT2D eigenvalue weighted by atomic mass is 9.93. The van der Waals surface area contributed by atoms with Crippen LogP contribution in [0.1, 0.15) is 33.1 Å². The monoisotopic (exact) mass is 226 g/mol. The Kier molecular flexibility index (Phi) is 4.54. The van der Waals surface area contributed by atoms with Gasteiger partial charge in [0.25, 0.3) is 0 Å². The van der Waals surface area contributed by atoms with Gasteiger partial charge in [-0.2, -0.15) is 0 Å². The second kappa shape index (κ2) is 5.48. The van der Waals surface area contributed by atoms with E-state index in [0.29, 0.717) is 12.3 Å². The Morgan fingerprint density at radius 2 is 2.00 bits per heavy atom. The summed E-state index contributed by atoms with van der Waals surface area (Å²) in [5.74, 6) is 0.597. The molecule has 16 heavy (non-hydrogen) atoms. The third-order valence-electron chi connectivity index (χ3n) is 3.59. The van der Waals surface area contributed by atoms with Gasteiger partial charge in [0.15, 0.2) is 0 Å². The topological polar surface area (TPSA) is 26.3 Å². The minimum Gasteiger partial charge on any atom is -0.412 e. The minimum absolute atomic E-state index is 0.267. The molecule has 0 spiro atoms. The van der Waals surface area contributed by atoms with Gasteiger partial charge in [-0.1, -0.05) is 19.9 Å². The molecule has 0 atom stereocenters. The number of likely N-dealkylation sites (tertiary alicyclic amines) is 1. The molecule has 1 aliphatic heterocycles. The first-order chi connectivity index (χ1) is 7.47. The van der Waals surface area contributed by atoms with Gasteiger partial charge in [-0.15, -0.1) is 0 Å². The Balaban J connectivity index is 2.36. The normalized spacial score (nSPS) is 29.8. The van der Waals surface area contributed by atoms with E-state index in [2.05, 4.69) is 20.6 Å². The SMILES string of the molecule is C=C(C)C(=O)OC[N+]1(C)CCC(CC)CC1. The van der Waals surface area contributed by atoms with Crippen molar-refractivity contribution >= 4 is 5.97 Å². The molecule has 0 aromatic rings. The smallest absolute Gasteiger partial charge is 0.337 e. The number of piperidine rings is 1. The van der Waals surface area contributed by atoms with E-state index in [1.165, 1.54) is 19.3 Å². The number of rotatable bonds is 4. The van der Waals surface area contributed by atoms with Crippen LogP contribution in [0.5, 0.6) is 0 Å². The van der Waals surface area contributed by atoms with Crippen molar-refractivity contribution < 1.29 is 14.0 Å². The van der Waals surface area contributed by atoms with E-state index in [-0.39, 0.29) is 5.97 Å². The van der Waals surface area contributed by atoms with Crippen LogP contribution in [0.15, 0.2) is 12.2 Å². The van der Waals surface area contributed by atoms with E-state index in [0.717, 1.165) is 23.5 Å². The maximum Gasteiger partial charge on any atom is 0.337 e. The third kappa shape index (κ3) is 3.63. The first-order valence-corrected chi connectivity index (χ1v) is 6.13. The molecule has 0 bridgehead atoms. The standard InChI is InChI=1S/C13H24NO2/c1-5-12-6-8-14(4,9-7-12)10-16-13(15)11(2)3/h12H,2,5-10H2,1,3-4H3/q+1. The van der Waals surface area contributed by atoms with Gasteiger partial charge in [0, 0.05) is 5.57 Å². The molecular weight excluding hydrogens is 202 g/mol. The van der Waals surface area contributed by atoms with Gasteiger partial charge in [0.1, 0.15) is 0 Å². The van der Waals surface area contributed by atoms with Gasteiger partial charge >= 0.3 is 5.97 Å². The zero-order valence-electron chi connectivity index (χ0n) is 10.8. The zero-order chi connectivity index (χ0) is 12.2. The predicted octanol–water partition coefficient (Wildman–Crippen LogP) is 2.33. The molecule has 0 unspecified atom stereocenters. The molecule has 1 fully saturated rings. The Hall–Kier alpha value is -0.830. The van der Waals surface area contributed by atoms with Crippen molar-refractivity contribution in [2.45, 2.75) is 33.1 Å². The Morgan fingerprint density at radius 3 is 2.44 bits per heavy atom. The Bertz CT molecular complexity index is 265. The summed E-state index contributed by atoms with van der Waals surface area (Å²) >= 11 is 0. The lowest BCUT2D eigenvalue weighted by Gasteiger charge is -2.39. The lowest BCUT2D eigenvalue weighted by molar-refractivity contribution is -0.931. The fourth-order valence-electron chi connectivity index (χ4n) is 2.12. The molecule has 0 aromatic carbocycles. The van der Waals surface area contributed by atoms with E-state index < -0.39 is 0 Å². The van der Waals surface area contributed by atoms with Crippen LogP contribution >= 0.6 is 0 Å². The maximum atomic E-state index is 11.3. The Labute approximate surface area is 98.7 Å². The van der Waals surface area contributed by atoms with Crippen molar-refractivity contribution in [2.75, 3.05) is 26.9 Å². The molecule has 0 aromatic heterocycles. The van der Waals surface area contributed by atoms with Gasteiger partial charge in [-0.25, -0.2) is 4.79 Å². The number of hydrogen-bond donors (Lipinski definition) is 0. The molecule has 1 aliphatic rings. The Morgan fingerprint density at radius 1 is 1.44 bits per heavy atom. The highest BCUT2D eigenvalue weighted by Crippen LogP contribution is 2.24. The van der Waals surface area contributed by atoms with Gasteiger partial charge in [0.2, 0.25) is 6.73 Å². The van der Waals surface area contributed by atoms with Crippen LogP contribution in [-0.4, -0.2) is 37.3 Å². The minimum atomic E-state index is -0.267. The first-order valence-electron chi connectivity index (χ1n) is 6.13. The van der Waals surface area contributed by atoms with Crippen molar-refractivity contribution in [2.24, 2.45) is 5.92 Å². The molecule has 3 heteroatoms. The molecule has 3 nitrogen and oxygen atoms in total. The summed E-state index contributed by atoms with van der Waals surface area (Å²) in [5, 5.41) is 0. The van der Waals surface area contributed by atoms with Crippen molar-refractivity contribution in [3.05, 3.63) is 12.2 Å². The second-order valence-corrected chi connectivity index (χ2v) is 5.26. The summed E-state index contributed by atoms with van der Waals surface area (Å²) in [5.41, 5.74) is 0.482. The maximum absolute atomic E-state index is 11.3. The molecule has 92 valence electrons. The van der Waals surface area contributed by atoms with Gasteiger partial charge in [0.05, 0.1) is 20.1 Å². The van der Waals surface area contributed by atoms with E-state index in [4.69, 9.17) is 4.74 Å². The van der Waals surface area contributed by atoms with Crippen molar-refractivity contribution in [3.63, 3.8) is 0 Å².